The highest BCUT2D eigenvalue weighted by Gasteiger charge is 2.11. The lowest BCUT2D eigenvalue weighted by Crippen LogP contribution is -2.19. The monoisotopic (exact) mass is 271 g/mol. The summed E-state index contributed by atoms with van der Waals surface area (Å²) < 4.78 is 11.0. The molecule has 1 heterocycles. The number of hydrogen-bond acceptors (Lipinski definition) is 5. The molecule has 0 aliphatic rings. The van der Waals surface area contributed by atoms with Gasteiger partial charge in [-0.15, -0.1) is 0 Å². The number of pyridine rings is 1. The lowest BCUT2D eigenvalue weighted by molar-refractivity contribution is -0.385. The molecule has 0 saturated heterocycles. The van der Waals surface area contributed by atoms with Crippen LogP contribution in [0.2, 0.25) is 0 Å². The number of aromatic nitrogens is 1. The first-order valence-corrected chi connectivity index (χ1v) is 7.30. The van der Waals surface area contributed by atoms with Gasteiger partial charge in [0.2, 0.25) is 0 Å². The summed E-state index contributed by atoms with van der Waals surface area (Å²) in [5.41, 5.74) is 0.717. The molecule has 0 aliphatic carbocycles. The minimum atomic E-state index is -0.809. The summed E-state index contributed by atoms with van der Waals surface area (Å²) in [6, 6.07) is 1.61. The van der Waals surface area contributed by atoms with Crippen molar-refractivity contribution in [1.82, 2.24) is 4.98 Å². The highest BCUT2D eigenvalue weighted by molar-refractivity contribution is 7.84. The Kier molecular flexibility index (Phi) is 5.21. The Bertz CT molecular complexity index is 465. The maximum atomic E-state index is 11.0. The third-order valence-corrected chi connectivity index (χ3v) is 3.31. The standard InChI is InChI=1S/C11H17N3O3S/c1-8-6-10(14(15)16)7-12-11(8)13-9(2)4-5-18(3)17/h6-7,9H,4-5H2,1-3H3,(H,12,13). The van der Waals surface area contributed by atoms with Gasteiger partial charge in [0.05, 0.1) is 4.92 Å². The normalized spacial score (nSPS) is 13.9. The van der Waals surface area contributed by atoms with Crippen molar-refractivity contribution in [3.63, 3.8) is 0 Å². The first kappa shape index (κ1) is 14.6. The SMILES string of the molecule is Cc1cc([N+](=O)[O-])cnc1NC(C)CCS(C)=O. The van der Waals surface area contributed by atoms with Crippen LogP contribution in [0.4, 0.5) is 11.5 Å². The van der Waals surface area contributed by atoms with E-state index in [1.807, 2.05) is 6.92 Å². The molecule has 0 aromatic carbocycles. The van der Waals surface area contributed by atoms with E-state index in [4.69, 9.17) is 0 Å². The van der Waals surface area contributed by atoms with E-state index in [1.54, 1.807) is 13.2 Å². The van der Waals surface area contributed by atoms with Gasteiger partial charge in [0.25, 0.3) is 5.69 Å². The summed E-state index contributed by atoms with van der Waals surface area (Å²) in [5, 5.41) is 13.7. The van der Waals surface area contributed by atoms with Crippen LogP contribution in [-0.2, 0) is 10.8 Å². The van der Waals surface area contributed by atoms with Crippen LogP contribution >= 0.6 is 0 Å². The van der Waals surface area contributed by atoms with E-state index in [1.165, 1.54) is 12.3 Å². The van der Waals surface area contributed by atoms with Crippen LogP contribution in [0.1, 0.15) is 18.9 Å². The Morgan fingerprint density at radius 3 is 2.78 bits per heavy atom. The lowest BCUT2D eigenvalue weighted by atomic mass is 10.2. The maximum Gasteiger partial charge on any atom is 0.287 e. The van der Waals surface area contributed by atoms with Gasteiger partial charge in [-0.05, 0) is 25.8 Å². The minimum Gasteiger partial charge on any atom is -0.367 e. The summed E-state index contributed by atoms with van der Waals surface area (Å²) in [4.78, 5) is 14.1. The van der Waals surface area contributed by atoms with Gasteiger partial charge < -0.3 is 5.32 Å². The summed E-state index contributed by atoms with van der Waals surface area (Å²) in [6.07, 6.45) is 3.67. The van der Waals surface area contributed by atoms with E-state index in [2.05, 4.69) is 10.3 Å². The molecule has 2 atom stereocenters. The second-order valence-electron chi connectivity index (χ2n) is 4.23. The number of nitro groups is 1. The molecular formula is C11H17N3O3S. The molecule has 0 aliphatic heterocycles. The van der Waals surface area contributed by atoms with Crippen molar-refractivity contribution in [2.24, 2.45) is 0 Å². The number of rotatable bonds is 6. The first-order chi connectivity index (χ1) is 8.40. The smallest absolute Gasteiger partial charge is 0.287 e. The second-order valence-corrected chi connectivity index (χ2v) is 5.78. The van der Waals surface area contributed by atoms with Gasteiger partial charge in [-0.25, -0.2) is 4.98 Å². The fraction of sp³-hybridized carbons (Fsp3) is 0.545. The summed E-state index contributed by atoms with van der Waals surface area (Å²) in [7, 11) is -0.809. The number of nitrogens with one attached hydrogen (secondary N) is 1. The Morgan fingerprint density at radius 2 is 2.28 bits per heavy atom. The van der Waals surface area contributed by atoms with E-state index in [0.717, 1.165) is 12.0 Å². The average Bonchev–Trinajstić information content (AvgIpc) is 2.29. The fourth-order valence-corrected chi connectivity index (χ4v) is 2.14. The summed E-state index contributed by atoms with van der Waals surface area (Å²) in [6.45, 7) is 3.74. The lowest BCUT2D eigenvalue weighted by Gasteiger charge is -2.15. The highest BCUT2D eigenvalue weighted by Crippen LogP contribution is 2.18. The van der Waals surface area contributed by atoms with Crippen LogP contribution < -0.4 is 5.32 Å². The zero-order valence-electron chi connectivity index (χ0n) is 10.7. The van der Waals surface area contributed by atoms with Crippen molar-refractivity contribution in [3.8, 4) is 0 Å². The molecule has 0 saturated carbocycles. The molecule has 2 unspecified atom stereocenters. The number of hydrogen-bond donors (Lipinski definition) is 1. The van der Waals surface area contributed by atoms with E-state index >= 15 is 0 Å². The van der Waals surface area contributed by atoms with Crippen molar-refractivity contribution in [3.05, 3.63) is 27.9 Å². The van der Waals surface area contributed by atoms with Gasteiger partial charge in [0.1, 0.15) is 12.0 Å². The van der Waals surface area contributed by atoms with Crippen LogP contribution in [-0.4, -0.2) is 32.2 Å². The predicted octanol–water partition coefficient (Wildman–Crippen LogP) is 1.87. The Morgan fingerprint density at radius 1 is 1.61 bits per heavy atom. The molecule has 0 radical (unpaired) electrons. The van der Waals surface area contributed by atoms with E-state index < -0.39 is 15.7 Å². The minimum absolute atomic E-state index is 0.0136. The topological polar surface area (TPSA) is 85.1 Å². The molecule has 0 spiro atoms. The molecule has 0 amide bonds. The van der Waals surface area contributed by atoms with Crippen molar-refractivity contribution in [2.45, 2.75) is 26.3 Å². The molecule has 18 heavy (non-hydrogen) atoms. The first-order valence-electron chi connectivity index (χ1n) is 5.57. The van der Waals surface area contributed by atoms with Gasteiger partial charge in [-0.1, -0.05) is 0 Å². The van der Waals surface area contributed by atoms with Gasteiger partial charge in [-0.3, -0.25) is 14.3 Å². The molecule has 7 heteroatoms. The van der Waals surface area contributed by atoms with Crippen LogP contribution in [0, 0.1) is 17.0 Å². The Labute approximate surface area is 108 Å². The van der Waals surface area contributed by atoms with Crippen LogP contribution in [0.25, 0.3) is 0 Å². The van der Waals surface area contributed by atoms with Crippen LogP contribution in [0.15, 0.2) is 12.3 Å². The average molecular weight is 271 g/mol. The number of anilines is 1. The van der Waals surface area contributed by atoms with Gasteiger partial charge >= 0.3 is 0 Å². The third kappa shape index (κ3) is 4.40. The fourth-order valence-electron chi connectivity index (χ4n) is 1.46. The number of nitrogens with zero attached hydrogens (tertiary/aromatic N) is 2. The Balaban J connectivity index is 2.67. The van der Waals surface area contributed by atoms with Gasteiger partial charge in [0, 0.05) is 34.9 Å². The van der Waals surface area contributed by atoms with Crippen LogP contribution in [0.5, 0.6) is 0 Å². The maximum absolute atomic E-state index is 11.0. The third-order valence-electron chi connectivity index (χ3n) is 2.50. The van der Waals surface area contributed by atoms with Crippen molar-refractivity contribution >= 4 is 22.3 Å². The van der Waals surface area contributed by atoms with Crippen LogP contribution in [0.3, 0.4) is 0 Å². The van der Waals surface area contributed by atoms with Gasteiger partial charge in [0.15, 0.2) is 0 Å². The van der Waals surface area contributed by atoms with Crippen molar-refractivity contribution < 1.29 is 9.13 Å². The van der Waals surface area contributed by atoms with E-state index in [0.29, 0.717) is 11.6 Å². The molecule has 100 valence electrons. The largest absolute Gasteiger partial charge is 0.367 e. The molecule has 6 nitrogen and oxygen atoms in total. The molecular weight excluding hydrogens is 254 g/mol. The molecule has 1 aromatic rings. The zero-order chi connectivity index (χ0) is 13.7. The number of aryl methyl sites for hydroxylation is 1. The van der Waals surface area contributed by atoms with Gasteiger partial charge in [-0.2, -0.15) is 0 Å². The van der Waals surface area contributed by atoms with Crippen molar-refractivity contribution in [2.75, 3.05) is 17.3 Å². The highest BCUT2D eigenvalue weighted by atomic mass is 32.2. The quantitative estimate of drug-likeness (QED) is 0.630. The summed E-state index contributed by atoms with van der Waals surface area (Å²) >= 11 is 0. The zero-order valence-corrected chi connectivity index (χ0v) is 11.5. The Hall–Kier alpha value is -1.50. The van der Waals surface area contributed by atoms with E-state index in [9.17, 15) is 14.3 Å². The molecule has 1 aromatic heterocycles. The second kappa shape index (κ2) is 6.44. The molecule has 0 bridgehead atoms. The summed E-state index contributed by atoms with van der Waals surface area (Å²) in [5.74, 6) is 1.26. The predicted molar refractivity (Wildman–Crippen MR) is 72.3 cm³/mol. The van der Waals surface area contributed by atoms with E-state index in [-0.39, 0.29) is 11.7 Å². The molecule has 0 fully saturated rings. The molecule has 1 rings (SSSR count). The van der Waals surface area contributed by atoms with Crippen molar-refractivity contribution in [1.29, 1.82) is 0 Å². The molecule has 1 N–H and O–H groups in total.